The number of hydrogen-bond acceptors (Lipinski definition) is 4. The van der Waals surface area contributed by atoms with Crippen LogP contribution in [0.15, 0.2) is 42.5 Å². The summed E-state index contributed by atoms with van der Waals surface area (Å²) in [7, 11) is 0. The van der Waals surface area contributed by atoms with Gasteiger partial charge < -0.3 is 10.2 Å². The molecule has 0 spiro atoms. The molecule has 128 valence electrons. The Morgan fingerprint density at radius 1 is 1.00 bits per heavy atom. The Morgan fingerprint density at radius 2 is 1.67 bits per heavy atom. The predicted molar refractivity (Wildman–Crippen MR) is 83.5 cm³/mol. The van der Waals surface area contributed by atoms with E-state index in [2.05, 4.69) is 10.8 Å². The number of benzene rings is 2. The molecule has 4 nitrogen and oxygen atoms in total. The first kappa shape index (κ1) is 17.8. The van der Waals surface area contributed by atoms with Gasteiger partial charge in [0.15, 0.2) is 17.5 Å². The van der Waals surface area contributed by atoms with E-state index in [0.29, 0.717) is 0 Å². The zero-order valence-corrected chi connectivity index (χ0v) is 13.1. The Kier molecular flexibility index (Phi) is 5.81. The van der Waals surface area contributed by atoms with Crippen molar-refractivity contribution in [1.29, 1.82) is 0 Å². The van der Waals surface area contributed by atoms with E-state index < -0.39 is 29.5 Å². The molecule has 0 heterocycles. The molecule has 24 heavy (non-hydrogen) atoms. The second kappa shape index (κ2) is 7.83. The molecule has 2 rings (SSSR count). The second-order valence-electron chi connectivity index (χ2n) is 5.26. The average molecular weight is 338 g/mol. The lowest BCUT2D eigenvalue weighted by Gasteiger charge is -2.18. The number of carbonyl (C=O) groups excluding carboxylic acids is 1. The Labute approximate surface area is 137 Å². The van der Waals surface area contributed by atoms with Crippen LogP contribution in [-0.4, -0.2) is 12.0 Å². The minimum Gasteiger partial charge on any atom is -0.370 e. The van der Waals surface area contributed by atoms with Crippen LogP contribution < -0.4 is 10.8 Å². The summed E-state index contributed by atoms with van der Waals surface area (Å²) >= 11 is 0. The molecule has 2 aromatic carbocycles. The van der Waals surface area contributed by atoms with Gasteiger partial charge in [0.2, 0.25) is 0 Å². The average Bonchev–Trinajstić information content (AvgIpc) is 2.60. The van der Waals surface area contributed by atoms with Gasteiger partial charge in [-0.3, -0.25) is 0 Å². The van der Waals surface area contributed by atoms with E-state index in [1.165, 1.54) is 6.92 Å². The van der Waals surface area contributed by atoms with Gasteiger partial charge in [0.25, 0.3) is 0 Å². The fourth-order valence-electron chi connectivity index (χ4n) is 1.97. The number of anilines is 1. The van der Waals surface area contributed by atoms with E-state index in [4.69, 9.17) is 4.84 Å². The smallest absolute Gasteiger partial charge is 0.346 e. The summed E-state index contributed by atoms with van der Waals surface area (Å²) in [4.78, 5) is 16.9. The van der Waals surface area contributed by atoms with Crippen molar-refractivity contribution in [3.63, 3.8) is 0 Å². The maximum Gasteiger partial charge on any atom is 0.346 e. The fraction of sp³-hybridized carbons (Fsp3) is 0.235. The highest BCUT2D eigenvalue weighted by atomic mass is 19.2. The van der Waals surface area contributed by atoms with Crippen molar-refractivity contribution in [2.45, 2.75) is 25.9 Å². The van der Waals surface area contributed by atoms with Gasteiger partial charge in [0, 0.05) is 0 Å². The van der Waals surface area contributed by atoms with Gasteiger partial charge in [-0.15, -0.1) is 5.48 Å². The van der Waals surface area contributed by atoms with E-state index in [-0.39, 0.29) is 11.7 Å². The van der Waals surface area contributed by atoms with Crippen LogP contribution in [0.4, 0.5) is 18.9 Å². The number of halogens is 3. The number of nitrogens with one attached hydrogen (secondary N) is 2. The fourth-order valence-corrected chi connectivity index (χ4v) is 1.97. The maximum absolute atomic E-state index is 13.6. The maximum atomic E-state index is 13.6. The Hall–Kier alpha value is -2.54. The molecule has 0 amide bonds. The zero-order valence-electron chi connectivity index (χ0n) is 13.1. The molecule has 2 unspecified atom stereocenters. The van der Waals surface area contributed by atoms with E-state index in [0.717, 1.165) is 17.7 Å². The minimum atomic E-state index is -1.60. The zero-order chi connectivity index (χ0) is 17.7. The van der Waals surface area contributed by atoms with Crippen LogP contribution in [0, 0.1) is 17.5 Å². The third-order valence-corrected chi connectivity index (χ3v) is 3.40. The summed E-state index contributed by atoms with van der Waals surface area (Å²) < 4.78 is 39.6. The largest absolute Gasteiger partial charge is 0.370 e. The lowest BCUT2D eigenvalue weighted by Crippen LogP contribution is -2.34. The van der Waals surface area contributed by atoms with Crippen LogP contribution >= 0.6 is 0 Å². The van der Waals surface area contributed by atoms with Crippen molar-refractivity contribution in [3.8, 4) is 0 Å². The molecular weight excluding hydrogens is 321 g/mol. The van der Waals surface area contributed by atoms with Crippen molar-refractivity contribution in [1.82, 2.24) is 5.48 Å². The lowest BCUT2D eigenvalue weighted by atomic mass is 10.1. The first-order valence-electron chi connectivity index (χ1n) is 7.31. The topological polar surface area (TPSA) is 50.4 Å². The van der Waals surface area contributed by atoms with Crippen molar-refractivity contribution < 1.29 is 22.8 Å². The van der Waals surface area contributed by atoms with Crippen LogP contribution in [0.1, 0.15) is 25.5 Å². The van der Waals surface area contributed by atoms with Crippen molar-refractivity contribution >= 4 is 11.7 Å². The number of rotatable bonds is 6. The van der Waals surface area contributed by atoms with E-state index in [1.54, 1.807) is 6.92 Å². The van der Waals surface area contributed by atoms with Crippen LogP contribution in [0.5, 0.6) is 0 Å². The molecule has 0 radical (unpaired) electrons. The molecule has 0 bridgehead atoms. The summed E-state index contributed by atoms with van der Waals surface area (Å²) in [6, 6.07) is 9.86. The highest BCUT2D eigenvalue weighted by molar-refractivity contribution is 5.78. The Bertz CT molecular complexity index is 710. The summed E-state index contributed by atoms with van der Waals surface area (Å²) in [6.07, 6.45) is 0. The van der Waals surface area contributed by atoms with Gasteiger partial charge in [-0.05, 0) is 31.5 Å². The third kappa shape index (κ3) is 4.26. The van der Waals surface area contributed by atoms with Crippen molar-refractivity contribution in [3.05, 3.63) is 65.5 Å². The SMILES string of the molecule is CC(Nc1ccc(F)c(F)c1F)C(=O)ONC(C)c1ccccc1. The standard InChI is InChI=1S/C17H17F3N2O2/c1-10(12-6-4-3-5-7-12)22-24-17(23)11(2)21-14-9-8-13(18)15(19)16(14)20/h3-11,21-22H,1-2H3. The summed E-state index contributed by atoms with van der Waals surface area (Å²) in [5.74, 6) is -5.01. The van der Waals surface area contributed by atoms with Gasteiger partial charge in [0.05, 0.1) is 11.7 Å². The highest BCUT2D eigenvalue weighted by Crippen LogP contribution is 2.20. The summed E-state index contributed by atoms with van der Waals surface area (Å²) in [5, 5.41) is 2.45. The van der Waals surface area contributed by atoms with Crippen LogP contribution in [0.2, 0.25) is 0 Å². The first-order chi connectivity index (χ1) is 11.4. The molecule has 0 fully saturated rings. The molecule has 0 aliphatic heterocycles. The van der Waals surface area contributed by atoms with E-state index >= 15 is 0 Å². The minimum absolute atomic E-state index is 0.248. The molecule has 2 aromatic rings. The molecule has 0 aromatic heterocycles. The van der Waals surface area contributed by atoms with Crippen molar-refractivity contribution in [2.75, 3.05) is 5.32 Å². The number of carbonyl (C=O) groups is 1. The van der Waals surface area contributed by atoms with Gasteiger partial charge in [-0.25, -0.2) is 18.0 Å². The molecule has 2 N–H and O–H groups in total. The molecule has 2 atom stereocenters. The molecule has 0 saturated heterocycles. The van der Waals surface area contributed by atoms with E-state index in [9.17, 15) is 18.0 Å². The number of hydrogen-bond donors (Lipinski definition) is 2. The predicted octanol–water partition coefficient (Wildman–Crippen LogP) is 3.71. The van der Waals surface area contributed by atoms with Gasteiger partial charge in [0.1, 0.15) is 6.04 Å². The second-order valence-corrected chi connectivity index (χ2v) is 5.26. The lowest BCUT2D eigenvalue weighted by molar-refractivity contribution is -0.153. The molecule has 7 heteroatoms. The highest BCUT2D eigenvalue weighted by Gasteiger charge is 2.20. The summed E-state index contributed by atoms with van der Waals surface area (Å²) in [6.45, 7) is 3.22. The van der Waals surface area contributed by atoms with Gasteiger partial charge in [-0.1, -0.05) is 30.3 Å². The molecule has 0 aliphatic rings. The monoisotopic (exact) mass is 338 g/mol. The van der Waals surface area contributed by atoms with Crippen LogP contribution in [0.25, 0.3) is 0 Å². The summed E-state index contributed by atoms with van der Waals surface area (Å²) in [5.41, 5.74) is 3.17. The third-order valence-electron chi connectivity index (χ3n) is 3.40. The quantitative estimate of drug-likeness (QED) is 0.623. The molecular formula is C17H17F3N2O2. The van der Waals surface area contributed by atoms with E-state index in [1.807, 2.05) is 30.3 Å². The Morgan fingerprint density at radius 3 is 2.33 bits per heavy atom. The van der Waals surface area contributed by atoms with Gasteiger partial charge in [-0.2, -0.15) is 0 Å². The van der Waals surface area contributed by atoms with Crippen LogP contribution in [0.3, 0.4) is 0 Å². The number of hydroxylamine groups is 1. The first-order valence-corrected chi connectivity index (χ1v) is 7.31. The van der Waals surface area contributed by atoms with Crippen LogP contribution in [-0.2, 0) is 9.63 Å². The van der Waals surface area contributed by atoms with Crippen molar-refractivity contribution in [2.24, 2.45) is 0 Å². The van der Waals surface area contributed by atoms with Gasteiger partial charge >= 0.3 is 5.97 Å². The molecule has 0 saturated carbocycles. The molecule has 0 aliphatic carbocycles. The Balaban J connectivity index is 1.92. The normalized spacial score (nSPS) is 13.2.